The zero-order valence-electron chi connectivity index (χ0n) is 15.8. The first-order valence-corrected chi connectivity index (χ1v) is 10.8. The number of anilines is 1. The fourth-order valence-corrected chi connectivity index (χ4v) is 3.82. The van der Waals surface area contributed by atoms with Gasteiger partial charge in [0.25, 0.3) is 5.91 Å². The van der Waals surface area contributed by atoms with Crippen LogP contribution in [0.25, 0.3) is 6.08 Å². The minimum atomic E-state index is -0.542. The molecule has 4 nitrogen and oxygen atoms in total. The lowest BCUT2D eigenvalue weighted by atomic mass is 10.1. The van der Waals surface area contributed by atoms with Crippen LogP contribution in [-0.4, -0.2) is 5.91 Å². The summed E-state index contributed by atoms with van der Waals surface area (Å²) < 4.78 is 6.41. The third-order valence-corrected chi connectivity index (χ3v) is 5.47. The van der Waals surface area contributed by atoms with Crippen LogP contribution >= 0.6 is 50.7 Å². The van der Waals surface area contributed by atoms with Gasteiger partial charge in [0.2, 0.25) is 0 Å². The van der Waals surface area contributed by atoms with E-state index in [-0.39, 0.29) is 5.57 Å². The molecule has 31 heavy (non-hydrogen) atoms. The summed E-state index contributed by atoms with van der Waals surface area (Å²) in [6.07, 6.45) is 1.45. The quantitative estimate of drug-likeness (QED) is 0.262. The van der Waals surface area contributed by atoms with Gasteiger partial charge in [0.1, 0.15) is 18.2 Å². The molecule has 0 saturated heterocycles. The van der Waals surface area contributed by atoms with Crippen LogP contribution in [0.15, 0.2) is 70.7 Å². The van der Waals surface area contributed by atoms with Crippen LogP contribution in [-0.2, 0) is 11.4 Å². The van der Waals surface area contributed by atoms with Gasteiger partial charge in [0.15, 0.2) is 5.75 Å². The van der Waals surface area contributed by atoms with Gasteiger partial charge >= 0.3 is 0 Å². The maximum absolute atomic E-state index is 12.4. The minimum absolute atomic E-state index is 0.0762. The monoisotopic (exact) mass is 534 g/mol. The van der Waals surface area contributed by atoms with Crippen molar-refractivity contribution < 1.29 is 9.53 Å². The number of halogens is 4. The summed E-state index contributed by atoms with van der Waals surface area (Å²) in [5.41, 5.74) is 1.95. The molecule has 3 aromatic rings. The molecule has 0 fully saturated rings. The smallest absolute Gasteiger partial charge is 0.266 e. The van der Waals surface area contributed by atoms with Crippen molar-refractivity contribution in [3.05, 3.63) is 96.9 Å². The molecule has 0 bridgehead atoms. The molecule has 0 unspecified atom stereocenters. The van der Waals surface area contributed by atoms with E-state index in [1.165, 1.54) is 6.08 Å². The molecule has 1 amide bonds. The van der Waals surface area contributed by atoms with Gasteiger partial charge in [0.05, 0.1) is 9.50 Å². The zero-order chi connectivity index (χ0) is 22.4. The Labute approximate surface area is 203 Å². The summed E-state index contributed by atoms with van der Waals surface area (Å²) in [6.45, 7) is 0.303. The Balaban J connectivity index is 1.76. The third kappa shape index (κ3) is 6.49. The lowest BCUT2D eigenvalue weighted by Gasteiger charge is -2.11. The Morgan fingerprint density at radius 1 is 1.03 bits per heavy atom. The van der Waals surface area contributed by atoms with E-state index in [1.807, 2.05) is 18.2 Å². The predicted molar refractivity (Wildman–Crippen MR) is 129 cm³/mol. The minimum Gasteiger partial charge on any atom is -0.486 e. The number of nitriles is 1. The highest BCUT2D eigenvalue weighted by molar-refractivity contribution is 9.10. The highest BCUT2D eigenvalue weighted by Crippen LogP contribution is 2.35. The lowest BCUT2D eigenvalue weighted by Crippen LogP contribution is -2.13. The van der Waals surface area contributed by atoms with Gasteiger partial charge < -0.3 is 10.1 Å². The van der Waals surface area contributed by atoms with E-state index < -0.39 is 5.91 Å². The van der Waals surface area contributed by atoms with Gasteiger partial charge in [-0.1, -0.05) is 46.9 Å². The fourth-order valence-electron chi connectivity index (χ4n) is 2.58. The van der Waals surface area contributed by atoms with Crippen LogP contribution in [0, 0.1) is 11.3 Å². The van der Waals surface area contributed by atoms with Gasteiger partial charge in [-0.05, 0) is 81.7 Å². The van der Waals surface area contributed by atoms with E-state index in [4.69, 9.17) is 39.5 Å². The number of carbonyl (C=O) groups excluding carboxylic acids is 1. The predicted octanol–water partition coefficient (Wildman–Crippen LogP) is 7.53. The first-order chi connectivity index (χ1) is 14.9. The molecule has 0 aliphatic carbocycles. The van der Waals surface area contributed by atoms with Crippen LogP contribution < -0.4 is 10.1 Å². The van der Waals surface area contributed by atoms with Crippen molar-refractivity contribution in [2.24, 2.45) is 0 Å². The van der Waals surface area contributed by atoms with Gasteiger partial charge in [-0.25, -0.2) is 0 Å². The topological polar surface area (TPSA) is 62.1 Å². The third-order valence-electron chi connectivity index (χ3n) is 4.10. The van der Waals surface area contributed by atoms with E-state index in [2.05, 4.69) is 21.2 Å². The van der Waals surface area contributed by atoms with E-state index in [0.717, 1.165) is 5.56 Å². The number of ether oxygens (including phenoxy) is 1. The van der Waals surface area contributed by atoms with Crippen molar-refractivity contribution in [3.8, 4) is 11.8 Å². The number of nitrogens with one attached hydrogen (secondary N) is 1. The maximum atomic E-state index is 12.4. The molecular weight excluding hydrogens is 523 g/mol. The summed E-state index contributed by atoms with van der Waals surface area (Å²) in [5.74, 6) is -0.0852. The van der Waals surface area contributed by atoms with Crippen LogP contribution in [0.1, 0.15) is 11.1 Å². The number of amides is 1. The van der Waals surface area contributed by atoms with E-state index in [9.17, 15) is 10.1 Å². The van der Waals surface area contributed by atoms with E-state index in [0.29, 0.717) is 43.1 Å². The molecule has 0 aromatic heterocycles. The van der Waals surface area contributed by atoms with E-state index in [1.54, 1.807) is 48.5 Å². The molecule has 0 aliphatic heterocycles. The molecule has 3 rings (SSSR count). The summed E-state index contributed by atoms with van der Waals surface area (Å²) in [5, 5.41) is 13.6. The molecule has 8 heteroatoms. The van der Waals surface area contributed by atoms with Crippen molar-refractivity contribution in [1.29, 1.82) is 5.26 Å². The fraction of sp³-hybridized carbons (Fsp3) is 0.0435. The lowest BCUT2D eigenvalue weighted by molar-refractivity contribution is -0.112. The van der Waals surface area contributed by atoms with Crippen molar-refractivity contribution in [3.63, 3.8) is 0 Å². The van der Waals surface area contributed by atoms with Crippen LogP contribution in [0.2, 0.25) is 15.1 Å². The Morgan fingerprint density at radius 3 is 2.23 bits per heavy atom. The van der Waals surface area contributed by atoms with Gasteiger partial charge in [-0.2, -0.15) is 5.26 Å². The molecular formula is C23H14BrCl3N2O2. The number of hydrogen-bond acceptors (Lipinski definition) is 3. The first-order valence-electron chi connectivity index (χ1n) is 8.90. The van der Waals surface area contributed by atoms with Crippen molar-refractivity contribution >= 4 is 68.4 Å². The number of rotatable bonds is 6. The summed E-state index contributed by atoms with van der Waals surface area (Å²) >= 11 is 21.5. The van der Waals surface area contributed by atoms with Crippen LogP contribution in [0.5, 0.6) is 5.75 Å². The molecule has 0 radical (unpaired) electrons. The Kier molecular flexibility index (Phi) is 8.00. The van der Waals surface area contributed by atoms with Crippen molar-refractivity contribution in [1.82, 2.24) is 0 Å². The Hall–Kier alpha value is -2.49. The Morgan fingerprint density at radius 2 is 1.65 bits per heavy atom. The van der Waals surface area contributed by atoms with Crippen LogP contribution in [0.4, 0.5) is 5.69 Å². The molecule has 0 atom stereocenters. The van der Waals surface area contributed by atoms with Gasteiger partial charge in [-0.15, -0.1) is 0 Å². The molecule has 1 N–H and O–H groups in total. The van der Waals surface area contributed by atoms with Crippen LogP contribution in [0.3, 0.4) is 0 Å². The SMILES string of the molecule is N#C/C(=C/c1cc(Cl)c(OCc2ccc(Cl)cc2)c(Br)c1)C(=O)Nc1ccc(Cl)cc1. The largest absolute Gasteiger partial charge is 0.486 e. The van der Waals surface area contributed by atoms with E-state index >= 15 is 0 Å². The second kappa shape index (κ2) is 10.7. The number of nitrogens with zero attached hydrogens (tertiary/aromatic N) is 1. The molecule has 0 aliphatic rings. The number of benzene rings is 3. The average Bonchev–Trinajstić information content (AvgIpc) is 2.74. The molecule has 156 valence electrons. The summed E-state index contributed by atoms with van der Waals surface area (Å²) in [7, 11) is 0. The first kappa shape index (κ1) is 23.2. The second-order valence-electron chi connectivity index (χ2n) is 6.36. The molecule has 0 spiro atoms. The number of hydrogen-bond donors (Lipinski definition) is 1. The molecule has 3 aromatic carbocycles. The summed E-state index contributed by atoms with van der Waals surface area (Å²) in [4.78, 5) is 12.4. The highest BCUT2D eigenvalue weighted by Gasteiger charge is 2.13. The maximum Gasteiger partial charge on any atom is 0.266 e. The highest BCUT2D eigenvalue weighted by atomic mass is 79.9. The summed E-state index contributed by atoms with van der Waals surface area (Å²) in [6, 6.07) is 19.1. The normalized spacial score (nSPS) is 11.0. The van der Waals surface area contributed by atoms with Crippen molar-refractivity contribution in [2.45, 2.75) is 6.61 Å². The average molecular weight is 537 g/mol. The van der Waals surface area contributed by atoms with Crippen molar-refractivity contribution in [2.75, 3.05) is 5.32 Å². The number of carbonyl (C=O) groups is 1. The van der Waals surface area contributed by atoms with Gasteiger partial charge in [-0.3, -0.25) is 4.79 Å². The zero-order valence-corrected chi connectivity index (χ0v) is 19.7. The molecule has 0 heterocycles. The second-order valence-corrected chi connectivity index (χ2v) is 8.49. The molecule has 0 saturated carbocycles. The standard InChI is InChI=1S/C23H14BrCl3N2O2/c24-20-10-15(9-16(12-28)23(30)29-19-7-5-18(26)6-8-19)11-21(27)22(20)31-13-14-1-3-17(25)4-2-14/h1-11H,13H2,(H,29,30)/b16-9-. The van der Waals surface area contributed by atoms with Gasteiger partial charge in [0, 0.05) is 15.7 Å². The Bertz CT molecular complexity index is 1150.